The van der Waals surface area contributed by atoms with Crippen LogP contribution in [-0.2, 0) is 14.2 Å². The minimum absolute atomic E-state index is 0.363. The quantitative estimate of drug-likeness (QED) is 0.363. The Hall–Kier alpha value is 0.360. The van der Waals surface area contributed by atoms with E-state index in [1.807, 2.05) is 6.92 Å². The molecular weight excluding hydrogens is 200 g/mol. The zero-order chi connectivity index (χ0) is 7.66. The van der Waals surface area contributed by atoms with Crippen molar-refractivity contribution in [3.63, 3.8) is 0 Å². The summed E-state index contributed by atoms with van der Waals surface area (Å²) in [4.78, 5) is 0. The van der Waals surface area contributed by atoms with Gasteiger partial charge < -0.3 is 14.2 Å². The lowest BCUT2D eigenvalue weighted by molar-refractivity contribution is -0.0624. The minimum Gasteiger partial charge on any atom is -0.368 e. The lowest BCUT2D eigenvalue weighted by Crippen LogP contribution is -2.06. The van der Waals surface area contributed by atoms with E-state index in [2.05, 4.69) is 15.9 Å². The maximum Gasteiger partial charge on any atom is 0.146 e. The first-order valence-corrected chi connectivity index (χ1v) is 4.33. The van der Waals surface area contributed by atoms with E-state index in [0.29, 0.717) is 32.1 Å². The second-order valence-electron chi connectivity index (χ2n) is 1.54. The van der Waals surface area contributed by atoms with E-state index in [-0.39, 0.29) is 0 Å². The van der Waals surface area contributed by atoms with Gasteiger partial charge in [0.25, 0.3) is 0 Å². The van der Waals surface area contributed by atoms with E-state index < -0.39 is 0 Å². The van der Waals surface area contributed by atoms with Gasteiger partial charge in [-0.2, -0.15) is 0 Å². The number of ether oxygens (including phenoxy) is 3. The van der Waals surface area contributed by atoms with E-state index in [9.17, 15) is 0 Å². The molecular formula is C6H13BrO3. The van der Waals surface area contributed by atoms with E-state index in [0.717, 1.165) is 0 Å². The summed E-state index contributed by atoms with van der Waals surface area (Å²) < 4.78 is 14.9. The molecule has 0 unspecified atom stereocenters. The summed E-state index contributed by atoms with van der Waals surface area (Å²) in [6, 6.07) is 0. The van der Waals surface area contributed by atoms with Gasteiger partial charge in [-0.3, -0.25) is 0 Å². The molecule has 0 aliphatic heterocycles. The van der Waals surface area contributed by atoms with E-state index in [1.165, 1.54) is 0 Å². The maximum atomic E-state index is 5.01. The van der Waals surface area contributed by atoms with Gasteiger partial charge in [-0.05, 0) is 6.92 Å². The van der Waals surface area contributed by atoms with Crippen molar-refractivity contribution < 1.29 is 14.2 Å². The molecule has 0 aromatic heterocycles. The molecule has 0 atom stereocenters. The molecule has 3 nitrogen and oxygen atoms in total. The predicted molar refractivity (Wildman–Crippen MR) is 42.2 cm³/mol. The van der Waals surface area contributed by atoms with Gasteiger partial charge >= 0.3 is 0 Å². The van der Waals surface area contributed by atoms with Crippen LogP contribution in [0.1, 0.15) is 6.92 Å². The summed E-state index contributed by atoms with van der Waals surface area (Å²) >= 11 is 3.12. The van der Waals surface area contributed by atoms with Crippen LogP contribution in [0.2, 0.25) is 0 Å². The van der Waals surface area contributed by atoms with Crippen LogP contribution >= 0.6 is 15.9 Å². The van der Waals surface area contributed by atoms with Crippen LogP contribution in [0, 0.1) is 0 Å². The summed E-state index contributed by atoms with van der Waals surface area (Å²) in [7, 11) is 0. The average molecular weight is 213 g/mol. The highest BCUT2D eigenvalue weighted by atomic mass is 79.9. The molecule has 0 bridgehead atoms. The second kappa shape index (κ2) is 9.36. The third kappa shape index (κ3) is 8.36. The van der Waals surface area contributed by atoms with Crippen molar-refractivity contribution >= 4 is 15.9 Å². The molecule has 0 amide bonds. The van der Waals surface area contributed by atoms with Gasteiger partial charge in [0.05, 0.1) is 13.2 Å². The smallest absolute Gasteiger partial charge is 0.146 e. The van der Waals surface area contributed by atoms with Gasteiger partial charge in [0.1, 0.15) is 12.3 Å². The molecule has 0 saturated heterocycles. The highest BCUT2D eigenvalue weighted by Crippen LogP contribution is 1.83. The zero-order valence-corrected chi connectivity index (χ0v) is 7.72. The Labute approximate surface area is 69.8 Å². The fourth-order valence-electron chi connectivity index (χ4n) is 0.374. The van der Waals surface area contributed by atoms with Crippen molar-refractivity contribution in [1.29, 1.82) is 0 Å². The Kier molecular flexibility index (Phi) is 9.70. The maximum absolute atomic E-state index is 5.01. The van der Waals surface area contributed by atoms with E-state index in [4.69, 9.17) is 14.2 Å². The summed E-state index contributed by atoms with van der Waals surface area (Å²) in [6.45, 7) is 4.18. The molecule has 0 radical (unpaired) electrons. The summed E-state index contributed by atoms with van der Waals surface area (Å²) in [5.74, 6) is 0. The molecule has 0 aromatic rings. The molecule has 10 heavy (non-hydrogen) atoms. The van der Waals surface area contributed by atoms with Gasteiger partial charge in [0, 0.05) is 6.61 Å². The topological polar surface area (TPSA) is 27.7 Å². The average Bonchev–Trinajstić information content (AvgIpc) is 1.97. The Morgan fingerprint density at radius 1 is 1.10 bits per heavy atom. The SMILES string of the molecule is CCOCOCCOCBr. The van der Waals surface area contributed by atoms with Crippen molar-refractivity contribution in [2.45, 2.75) is 6.92 Å². The standard InChI is InChI=1S/C6H13BrO3/c1-2-8-6-10-4-3-9-5-7/h2-6H2,1H3. The van der Waals surface area contributed by atoms with E-state index >= 15 is 0 Å². The third-order valence-electron chi connectivity index (χ3n) is 0.820. The number of hydrogen-bond acceptors (Lipinski definition) is 3. The van der Waals surface area contributed by atoms with Gasteiger partial charge in [-0.25, -0.2) is 0 Å². The lowest BCUT2D eigenvalue weighted by atomic mass is 10.8. The molecule has 0 aromatic carbocycles. The first-order valence-electron chi connectivity index (χ1n) is 3.21. The number of halogens is 1. The lowest BCUT2D eigenvalue weighted by Gasteiger charge is -2.02. The molecule has 0 saturated carbocycles. The molecule has 0 spiro atoms. The van der Waals surface area contributed by atoms with Gasteiger partial charge in [-0.15, -0.1) is 0 Å². The number of alkyl halides is 1. The monoisotopic (exact) mass is 212 g/mol. The van der Waals surface area contributed by atoms with Crippen molar-refractivity contribution in [2.75, 3.05) is 32.1 Å². The highest BCUT2D eigenvalue weighted by Gasteiger charge is 1.85. The molecule has 0 N–H and O–H groups in total. The van der Waals surface area contributed by atoms with E-state index in [1.54, 1.807) is 0 Å². The fourth-order valence-corrected chi connectivity index (χ4v) is 0.603. The molecule has 0 fully saturated rings. The van der Waals surface area contributed by atoms with Crippen molar-refractivity contribution in [3.05, 3.63) is 0 Å². The van der Waals surface area contributed by atoms with Gasteiger partial charge in [-0.1, -0.05) is 15.9 Å². The predicted octanol–water partition coefficient (Wildman–Crippen LogP) is 1.37. The number of hydrogen-bond donors (Lipinski definition) is 0. The first kappa shape index (κ1) is 10.4. The van der Waals surface area contributed by atoms with Gasteiger partial charge in [0.15, 0.2) is 0 Å². The molecule has 0 rings (SSSR count). The molecule has 0 aliphatic rings. The second-order valence-corrected chi connectivity index (χ2v) is 1.99. The zero-order valence-electron chi connectivity index (χ0n) is 6.14. The van der Waals surface area contributed by atoms with Gasteiger partial charge in [0.2, 0.25) is 0 Å². The van der Waals surface area contributed by atoms with Crippen LogP contribution in [0.5, 0.6) is 0 Å². The first-order chi connectivity index (χ1) is 4.91. The van der Waals surface area contributed by atoms with Crippen LogP contribution in [-0.4, -0.2) is 32.1 Å². The van der Waals surface area contributed by atoms with Crippen LogP contribution < -0.4 is 0 Å². The summed E-state index contributed by atoms with van der Waals surface area (Å²) in [5, 5.41) is 0. The summed E-state index contributed by atoms with van der Waals surface area (Å²) in [5.41, 5.74) is 0.561. The van der Waals surface area contributed by atoms with Crippen LogP contribution in [0.25, 0.3) is 0 Å². The third-order valence-corrected chi connectivity index (χ3v) is 1.14. The van der Waals surface area contributed by atoms with Crippen molar-refractivity contribution in [1.82, 2.24) is 0 Å². The Morgan fingerprint density at radius 3 is 2.40 bits per heavy atom. The summed E-state index contributed by atoms with van der Waals surface area (Å²) in [6.07, 6.45) is 0. The van der Waals surface area contributed by atoms with Crippen molar-refractivity contribution in [2.24, 2.45) is 0 Å². The number of rotatable bonds is 7. The normalized spacial score (nSPS) is 10.2. The Bertz CT molecular complexity index is 53.0. The molecule has 0 heterocycles. The van der Waals surface area contributed by atoms with Crippen LogP contribution in [0.15, 0.2) is 0 Å². The largest absolute Gasteiger partial charge is 0.368 e. The highest BCUT2D eigenvalue weighted by molar-refractivity contribution is 9.09. The Balaban J connectivity index is 2.65. The minimum atomic E-state index is 0.363. The fraction of sp³-hybridized carbons (Fsp3) is 1.00. The van der Waals surface area contributed by atoms with Crippen LogP contribution in [0.3, 0.4) is 0 Å². The van der Waals surface area contributed by atoms with Crippen LogP contribution in [0.4, 0.5) is 0 Å². The molecule has 62 valence electrons. The molecule has 0 aliphatic carbocycles. The Morgan fingerprint density at radius 2 is 1.80 bits per heavy atom. The van der Waals surface area contributed by atoms with Crippen molar-refractivity contribution in [3.8, 4) is 0 Å². The molecule has 4 heteroatoms.